The van der Waals surface area contributed by atoms with E-state index in [-0.39, 0.29) is 47.1 Å². The van der Waals surface area contributed by atoms with Crippen LogP contribution in [-0.2, 0) is 24.0 Å². The lowest BCUT2D eigenvalue weighted by molar-refractivity contribution is -0.142. The molecule has 1 aromatic rings. The highest BCUT2D eigenvalue weighted by Gasteiger charge is 2.56. The van der Waals surface area contributed by atoms with Gasteiger partial charge in [0.25, 0.3) is 0 Å². The first-order valence-electron chi connectivity index (χ1n) is 11.4. The Morgan fingerprint density at radius 3 is 2.57 bits per heavy atom. The number of aliphatic carboxylic acids is 1. The molecule has 2 N–H and O–H groups in total. The van der Waals surface area contributed by atoms with Crippen LogP contribution >= 0.6 is 15.9 Å². The number of Topliss-reactive ketones (excluding diaryl/α,β-unsaturated/α-hetero) is 1. The van der Waals surface area contributed by atoms with Gasteiger partial charge < -0.3 is 10.2 Å². The minimum atomic E-state index is -1.10. The van der Waals surface area contributed by atoms with Gasteiger partial charge in [0.05, 0.1) is 22.7 Å². The number of imide groups is 1. The number of aryl methyl sites for hydroxylation is 1. The smallest absolute Gasteiger partial charge is 0.305 e. The van der Waals surface area contributed by atoms with Crippen molar-refractivity contribution in [3.63, 3.8) is 0 Å². The normalized spacial score (nSPS) is 27.9. The van der Waals surface area contributed by atoms with E-state index in [0.717, 1.165) is 10.5 Å². The molecule has 1 heterocycles. The Bertz CT molecular complexity index is 1320. The van der Waals surface area contributed by atoms with E-state index < -0.39 is 35.5 Å². The summed E-state index contributed by atoms with van der Waals surface area (Å²) in [6.45, 7) is 1.55. The molecule has 1 fully saturated rings. The number of likely N-dealkylation sites (tertiary alicyclic amines) is 1. The van der Waals surface area contributed by atoms with Gasteiger partial charge in [-0.3, -0.25) is 28.9 Å². The second-order valence-corrected chi connectivity index (χ2v) is 10.3. The van der Waals surface area contributed by atoms with Gasteiger partial charge in [-0.15, -0.1) is 0 Å². The maximum absolute atomic E-state index is 13.4. The van der Waals surface area contributed by atoms with E-state index in [1.54, 1.807) is 25.1 Å². The van der Waals surface area contributed by atoms with E-state index in [0.29, 0.717) is 28.7 Å². The molecule has 9 heteroatoms. The van der Waals surface area contributed by atoms with Crippen molar-refractivity contribution in [2.75, 3.05) is 6.54 Å². The summed E-state index contributed by atoms with van der Waals surface area (Å²) < 4.78 is 0.151. The van der Waals surface area contributed by atoms with Gasteiger partial charge in [-0.05, 0) is 58.8 Å². The summed E-state index contributed by atoms with van der Waals surface area (Å²) in [6.07, 6.45) is 3.28. The van der Waals surface area contributed by atoms with Crippen molar-refractivity contribution in [2.45, 2.75) is 32.1 Å². The fourth-order valence-corrected chi connectivity index (χ4v) is 6.38. The fourth-order valence-electron chi connectivity index (χ4n) is 5.94. The molecular weight excluding hydrogens is 518 g/mol. The molecule has 0 bridgehead atoms. The van der Waals surface area contributed by atoms with Crippen LogP contribution < -0.4 is 0 Å². The first kappa shape index (κ1) is 23.4. The van der Waals surface area contributed by atoms with Crippen LogP contribution in [0.1, 0.15) is 36.3 Å². The Labute approximate surface area is 209 Å². The number of nitrogens with zero attached hydrogens (tertiary/aromatic N) is 1. The minimum Gasteiger partial charge on any atom is -0.508 e. The molecule has 35 heavy (non-hydrogen) atoms. The van der Waals surface area contributed by atoms with Gasteiger partial charge in [-0.1, -0.05) is 23.8 Å². The second kappa shape index (κ2) is 8.41. The van der Waals surface area contributed by atoms with Crippen LogP contribution in [0.15, 0.2) is 51.6 Å². The first-order chi connectivity index (χ1) is 16.6. The summed E-state index contributed by atoms with van der Waals surface area (Å²) in [5, 5.41) is 19.1. The number of hydrogen-bond donors (Lipinski definition) is 2. The number of halogens is 1. The van der Waals surface area contributed by atoms with Crippen LogP contribution in [0.3, 0.4) is 0 Å². The van der Waals surface area contributed by atoms with Crippen molar-refractivity contribution in [1.29, 1.82) is 0 Å². The van der Waals surface area contributed by atoms with Crippen molar-refractivity contribution >= 4 is 45.3 Å². The number of fused-ring (bicyclic) bond motifs is 3. The monoisotopic (exact) mass is 539 g/mol. The number of benzene rings is 1. The number of phenols is 1. The molecule has 5 rings (SSSR count). The van der Waals surface area contributed by atoms with Crippen LogP contribution in [-0.4, -0.2) is 51.0 Å². The zero-order chi connectivity index (χ0) is 25.2. The van der Waals surface area contributed by atoms with Crippen molar-refractivity contribution < 1.29 is 34.2 Å². The molecule has 2 amide bonds. The van der Waals surface area contributed by atoms with E-state index in [4.69, 9.17) is 5.11 Å². The number of phenolic OH excluding ortho intramolecular Hbond substituents is 1. The molecule has 180 valence electrons. The summed E-state index contributed by atoms with van der Waals surface area (Å²) >= 11 is 3.19. The molecule has 4 atom stereocenters. The number of ketones is 2. The number of aromatic hydroxyl groups is 1. The number of rotatable bonds is 4. The highest BCUT2D eigenvalue weighted by Crippen LogP contribution is 2.55. The number of carbonyl (C=O) groups is 5. The number of carboxylic acids is 1. The standard InChI is InChI=1S/C26H22BrNO7/c1-11-8-12(2-5-18(11)29)21-13-3-4-14-22(26(35)28(25(14)34)7-6-20(31)32)15(13)9-16-23(21)19(30)10-17(27)24(16)33/h2-3,5,8,10,14-15,21-22,29H,4,6-7,9H2,1H3,(H,31,32). The molecule has 0 spiro atoms. The number of hydrogen-bond acceptors (Lipinski definition) is 6. The molecule has 0 aromatic heterocycles. The van der Waals surface area contributed by atoms with E-state index >= 15 is 0 Å². The Morgan fingerprint density at radius 1 is 1.14 bits per heavy atom. The zero-order valence-electron chi connectivity index (χ0n) is 18.8. The number of carboxylic acid groups (broad SMARTS) is 1. The zero-order valence-corrected chi connectivity index (χ0v) is 20.4. The molecule has 1 aliphatic heterocycles. The molecular formula is C26H22BrNO7. The summed E-state index contributed by atoms with van der Waals surface area (Å²) in [4.78, 5) is 64.8. The predicted molar refractivity (Wildman–Crippen MR) is 126 cm³/mol. The summed E-state index contributed by atoms with van der Waals surface area (Å²) in [7, 11) is 0. The Balaban J connectivity index is 1.63. The topological polar surface area (TPSA) is 129 Å². The van der Waals surface area contributed by atoms with Crippen molar-refractivity contribution in [3.8, 4) is 5.75 Å². The number of amides is 2. The Kier molecular flexibility index (Phi) is 5.62. The predicted octanol–water partition coefficient (Wildman–Crippen LogP) is 2.94. The summed E-state index contributed by atoms with van der Waals surface area (Å²) in [6, 6.07) is 5.02. The highest BCUT2D eigenvalue weighted by atomic mass is 79.9. The van der Waals surface area contributed by atoms with Gasteiger partial charge in [-0.2, -0.15) is 0 Å². The Hall–Kier alpha value is -3.33. The van der Waals surface area contributed by atoms with Crippen molar-refractivity contribution in [3.05, 3.63) is 62.7 Å². The van der Waals surface area contributed by atoms with Crippen LogP contribution in [0.5, 0.6) is 5.75 Å². The third-order valence-electron chi connectivity index (χ3n) is 7.53. The lowest BCUT2D eigenvalue weighted by Gasteiger charge is -2.42. The van der Waals surface area contributed by atoms with E-state index in [1.165, 1.54) is 6.08 Å². The van der Waals surface area contributed by atoms with Gasteiger partial charge >= 0.3 is 5.97 Å². The molecule has 8 nitrogen and oxygen atoms in total. The maximum Gasteiger partial charge on any atom is 0.305 e. The van der Waals surface area contributed by atoms with Crippen molar-refractivity contribution in [2.24, 2.45) is 17.8 Å². The molecule has 4 aliphatic rings. The van der Waals surface area contributed by atoms with Crippen LogP contribution in [0, 0.1) is 24.7 Å². The number of carbonyl (C=O) groups excluding carboxylic acids is 4. The van der Waals surface area contributed by atoms with E-state index in [9.17, 15) is 29.1 Å². The lowest BCUT2D eigenvalue weighted by atomic mass is 9.59. The summed E-state index contributed by atoms with van der Waals surface area (Å²) in [5.74, 6) is -4.83. The average molecular weight is 540 g/mol. The third-order valence-corrected chi connectivity index (χ3v) is 8.11. The van der Waals surface area contributed by atoms with Gasteiger partial charge in [0, 0.05) is 29.7 Å². The SMILES string of the molecule is Cc1cc(C2C3=CCC4C(=O)N(CCC(=O)O)C(=O)C4C3CC3=C2C(=O)C=C(Br)C3=O)ccc1O. The molecule has 0 saturated carbocycles. The average Bonchev–Trinajstić information content (AvgIpc) is 3.06. The molecule has 1 aromatic carbocycles. The summed E-state index contributed by atoms with van der Waals surface area (Å²) in [5.41, 5.74) is 2.83. The fraction of sp³-hybridized carbons (Fsp3) is 0.346. The minimum absolute atomic E-state index is 0.104. The third kappa shape index (κ3) is 3.60. The van der Waals surface area contributed by atoms with Gasteiger partial charge in [0.15, 0.2) is 11.6 Å². The van der Waals surface area contributed by atoms with Crippen LogP contribution in [0.2, 0.25) is 0 Å². The lowest BCUT2D eigenvalue weighted by Crippen LogP contribution is -2.39. The molecule has 1 saturated heterocycles. The molecule has 3 aliphatic carbocycles. The highest BCUT2D eigenvalue weighted by molar-refractivity contribution is 9.12. The Morgan fingerprint density at radius 2 is 1.89 bits per heavy atom. The van der Waals surface area contributed by atoms with Gasteiger partial charge in [0.2, 0.25) is 11.8 Å². The number of allylic oxidation sites excluding steroid dienone is 6. The molecule has 0 radical (unpaired) electrons. The van der Waals surface area contributed by atoms with Gasteiger partial charge in [-0.25, -0.2) is 0 Å². The van der Waals surface area contributed by atoms with E-state index in [1.807, 2.05) is 6.08 Å². The van der Waals surface area contributed by atoms with Gasteiger partial charge in [0.1, 0.15) is 5.75 Å². The maximum atomic E-state index is 13.4. The van der Waals surface area contributed by atoms with Crippen LogP contribution in [0.4, 0.5) is 0 Å². The van der Waals surface area contributed by atoms with E-state index in [2.05, 4.69) is 15.9 Å². The van der Waals surface area contributed by atoms with Crippen LogP contribution in [0.25, 0.3) is 0 Å². The first-order valence-corrected chi connectivity index (χ1v) is 12.1. The second-order valence-electron chi connectivity index (χ2n) is 9.41. The molecule has 4 unspecified atom stereocenters. The largest absolute Gasteiger partial charge is 0.508 e. The van der Waals surface area contributed by atoms with Crippen molar-refractivity contribution in [1.82, 2.24) is 4.90 Å². The quantitative estimate of drug-likeness (QED) is 0.341.